The van der Waals surface area contributed by atoms with Crippen molar-refractivity contribution in [2.24, 2.45) is 0 Å². The maximum absolute atomic E-state index is 13.7. The van der Waals surface area contributed by atoms with E-state index in [0.717, 1.165) is 55.2 Å². The van der Waals surface area contributed by atoms with Gasteiger partial charge in [-0.25, -0.2) is 14.4 Å². The zero-order valence-corrected chi connectivity index (χ0v) is 20.9. The molecule has 190 valence electrons. The van der Waals surface area contributed by atoms with Gasteiger partial charge in [-0.2, -0.15) is 0 Å². The quantitative estimate of drug-likeness (QED) is 0.389. The number of hydrogen-bond donors (Lipinski definition) is 2. The molecule has 0 unspecified atom stereocenters. The van der Waals surface area contributed by atoms with Gasteiger partial charge >= 0.3 is 0 Å². The van der Waals surface area contributed by atoms with E-state index in [1.54, 1.807) is 12.4 Å². The van der Waals surface area contributed by atoms with Gasteiger partial charge in [0.25, 0.3) is 5.91 Å². The highest BCUT2D eigenvalue weighted by molar-refractivity contribution is 6.06. The van der Waals surface area contributed by atoms with Gasteiger partial charge in [0.2, 0.25) is 0 Å². The summed E-state index contributed by atoms with van der Waals surface area (Å²) in [5.41, 5.74) is 6.64. The maximum atomic E-state index is 13.7. The van der Waals surface area contributed by atoms with E-state index < -0.39 is 0 Å². The summed E-state index contributed by atoms with van der Waals surface area (Å²) in [7, 11) is 2.08. The molecule has 0 spiro atoms. The lowest BCUT2D eigenvalue weighted by atomic mass is 9.96. The van der Waals surface area contributed by atoms with E-state index in [0.29, 0.717) is 35.2 Å². The van der Waals surface area contributed by atoms with Crippen LogP contribution in [0.25, 0.3) is 16.9 Å². The number of aromatic nitrogens is 3. The van der Waals surface area contributed by atoms with Gasteiger partial charge in [0, 0.05) is 43.4 Å². The molecule has 0 bridgehead atoms. The fraction of sp³-hybridized carbons (Fsp3) is 0.321. The summed E-state index contributed by atoms with van der Waals surface area (Å²) in [5.74, 6) is 0.580. The first-order valence-electron chi connectivity index (χ1n) is 12.6. The van der Waals surface area contributed by atoms with Crippen LogP contribution in [0.5, 0.6) is 0 Å². The van der Waals surface area contributed by atoms with Gasteiger partial charge < -0.3 is 20.3 Å². The van der Waals surface area contributed by atoms with E-state index in [-0.39, 0.29) is 11.7 Å². The van der Waals surface area contributed by atoms with Crippen LogP contribution < -0.4 is 10.6 Å². The monoisotopic (exact) mass is 500 g/mol. The Bertz CT molecular complexity index is 1490. The highest BCUT2D eigenvalue weighted by Crippen LogP contribution is 2.36. The molecule has 2 aliphatic heterocycles. The normalized spacial score (nSPS) is 17.0. The number of carbonyl (C=O) groups is 1. The smallest absolute Gasteiger partial charge is 0.254 e. The minimum absolute atomic E-state index is 0.134. The number of anilines is 2. The summed E-state index contributed by atoms with van der Waals surface area (Å²) < 4.78 is 21.1. The number of imidazole rings is 1. The molecular weight excluding hydrogens is 471 g/mol. The Labute approximate surface area is 214 Å². The van der Waals surface area contributed by atoms with Crippen molar-refractivity contribution in [3.63, 3.8) is 0 Å². The SMILES string of the molecule is CCN(C)Cc1nc(Nc2ccc(-c3cnc4cc(F)ccn34)c3c2C(=O)NC3)ccc1[C@H]1CCOC1. The van der Waals surface area contributed by atoms with Crippen LogP contribution in [0.15, 0.2) is 48.8 Å². The third-order valence-corrected chi connectivity index (χ3v) is 7.32. The molecule has 0 saturated carbocycles. The number of rotatable bonds is 7. The van der Waals surface area contributed by atoms with E-state index in [9.17, 15) is 9.18 Å². The topological polar surface area (TPSA) is 83.8 Å². The molecule has 2 N–H and O–H groups in total. The van der Waals surface area contributed by atoms with E-state index in [2.05, 4.69) is 40.6 Å². The molecule has 9 heteroatoms. The van der Waals surface area contributed by atoms with Crippen LogP contribution in [0, 0.1) is 5.82 Å². The number of ether oxygens (including phenoxy) is 1. The van der Waals surface area contributed by atoms with E-state index >= 15 is 0 Å². The summed E-state index contributed by atoms with van der Waals surface area (Å²) in [5, 5.41) is 6.36. The summed E-state index contributed by atoms with van der Waals surface area (Å²) >= 11 is 0. The highest BCUT2D eigenvalue weighted by atomic mass is 19.1. The summed E-state index contributed by atoms with van der Waals surface area (Å²) in [6, 6.07) is 10.8. The number of halogens is 1. The Morgan fingerprint density at radius 3 is 2.97 bits per heavy atom. The second-order valence-electron chi connectivity index (χ2n) is 9.66. The number of nitrogens with zero attached hydrogens (tertiary/aromatic N) is 4. The van der Waals surface area contributed by atoms with Crippen LogP contribution in [-0.2, 0) is 17.8 Å². The molecule has 6 rings (SSSR count). The molecule has 3 aromatic heterocycles. The Morgan fingerprint density at radius 2 is 2.16 bits per heavy atom. The first kappa shape index (κ1) is 23.6. The number of fused-ring (bicyclic) bond motifs is 2. The molecule has 37 heavy (non-hydrogen) atoms. The highest BCUT2D eigenvalue weighted by Gasteiger charge is 2.28. The van der Waals surface area contributed by atoms with Crippen molar-refractivity contribution in [3.8, 4) is 11.3 Å². The molecule has 1 aromatic carbocycles. The predicted molar refractivity (Wildman–Crippen MR) is 139 cm³/mol. The second-order valence-corrected chi connectivity index (χ2v) is 9.66. The van der Waals surface area contributed by atoms with Crippen LogP contribution in [-0.4, -0.2) is 52.0 Å². The summed E-state index contributed by atoms with van der Waals surface area (Å²) in [6.07, 6.45) is 4.37. The average Bonchev–Trinajstić information content (AvgIpc) is 3.65. The van der Waals surface area contributed by atoms with E-state index in [4.69, 9.17) is 9.72 Å². The first-order valence-corrected chi connectivity index (χ1v) is 12.6. The van der Waals surface area contributed by atoms with Crippen LogP contribution in [0.3, 0.4) is 0 Å². The van der Waals surface area contributed by atoms with Gasteiger partial charge in [-0.05, 0) is 49.3 Å². The molecule has 0 radical (unpaired) electrons. The molecule has 1 atom stereocenters. The minimum atomic E-state index is -0.338. The van der Waals surface area contributed by atoms with Crippen molar-refractivity contribution in [1.82, 2.24) is 24.6 Å². The molecule has 1 amide bonds. The fourth-order valence-corrected chi connectivity index (χ4v) is 5.21. The van der Waals surface area contributed by atoms with Crippen LogP contribution in [0.1, 0.15) is 46.4 Å². The van der Waals surface area contributed by atoms with Crippen molar-refractivity contribution < 1.29 is 13.9 Å². The third-order valence-electron chi connectivity index (χ3n) is 7.32. The van der Waals surface area contributed by atoms with Gasteiger partial charge in [0.15, 0.2) is 0 Å². The Hall–Kier alpha value is -3.82. The van der Waals surface area contributed by atoms with Crippen molar-refractivity contribution in [1.29, 1.82) is 0 Å². The number of hydrogen-bond acceptors (Lipinski definition) is 6. The molecule has 0 aliphatic carbocycles. The van der Waals surface area contributed by atoms with Gasteiger partial charge in [-0.15, -0.1) is 0 Å². The van der Waals surface area contributed by atoms with E-state index in [1.807, 2.05) is 22.6 Å². The lowest BCUT2D eigenvalue weighted by Crippen LogP contribution is -2.20. The van der Waals surface area contributed by atoms with Gasteiger partial charge in [0.05, 0.1) is 35.4 Å². The molecular formula is C28H29FN6O2. The third kappa shape index (κ3) is 4.34. The first-order chi connectivity index (χ1) is 18.0. The second kappa shape index (κ2) is 9.57. The minimum Gasteiger partial charge on any atom is -0.381 e. The number of amides is 1. The number of pyridine rings is 2. The Kier molecular flexibility index (Phi) is 6.10. The Balaban J connectivity index is 1.37. The average molecular weight is 501 g/mol. The lowest BCUT2D eigenvalue weighted by Gasteiger charge is -2.20. The van der Waals surface area contributed by atoms with Crippen molar-refractivity contribution in [3.05, 3.63) is 77.0 Å². The van der Waals surface area contributed by atoms with Crippen LogP contribution in [0.2, 0.25) is 0 Å². The predicted octanol–water partition coefficient (Wildman–Crippen LogP) is 4.48. The van der Waals surface area contributed by atoms with E-state index in [1.165, 1.54) is 17.7 Å². The maximum Gasteiger partial charge on any atom is 0.254 e. The molecule has 8 nitrogen and oxygen atoms in total. The van der Waals surface area contributed by atoms with Crippen LogP contribution >= 0.6 is 0 Å². The lowest BCUT2D eigenvalue weighted by molar-refractivity contribution is 0.0966. The summed E-state index contributed by atoms with van der Waals surface area (Å²) in [4.78, 5) is 24.5. The van der Waals surface area contributed by atoms with Gasteiger partial charge in [0.1, 0.15) is 17.3 Å². The Morgan fingerprint density at radius 1 is 1.27 bits per heavy atom. The zero-order chi connectivity index (χ0) is 25.5. The molecule has 1 saturated heterocycles. The van der Waals surface area contributed by atoms with Crippen molar-refractivity contribution >= 4 is 23.1 Å². The zero-order valence-electron chi connectivity index (χ0n) is 20.9. The number of carbonyl (C=O) groups excluding carboxylic acids is 1. The molecule has 4 aromatic rings. The van der Waals surface area contributed by atoms with Crippen LogP contribution in [0.4, 0.5) is 15.9 Å². The summed E-state index contributed by atoms with van der Waals surface area (Å²) in [6.45, 7) is 5.71. The van der Waals surface area contributed by atoms with Gasteiger partial charge in [-0.1, -0.05) is 19.1 Å². The molecule has 1 fully saturated rings. The molecule has 5 heterocycles. The van der Waals surface area contributed by atoms with Crippen molar-refractivity contribution in [2.45, 2.75) is 32.4 Å². The van der Waals surface area contributed by atoms with Gasteiger partial charge in [-0.3, -0.25) is 9.20 Å². The molecule has 2 aliphatic rings. The number of nitrogens with one attached hydrogen (secondary N) is 2. The largest absolute Gasteiger partial charge is 0.381 e. The fourth-order valence-electron chi connectivity index (χ4n) is 5.21. The standard InChI is InChI=1S/C28H29FN6O2/c1-3-34(2)15-23-19(17-9-11-37-16-17)5-7-25(33-23)32-22-6-4-20(21-13-31-28(36)27(21)22)24-14-30-26-12-18(29)8-10-35(24)26/h4-8,10,12,14,17H,3,9,11,13,15-16H2,1-2H3,(H,31,36)(H,32,33)/t17-/m0/s1. The van der Waals surface area contributed by atoms with Crippen molar-refractivity contribution in [2.75, 3.05) is 32.1 Å². The number of benzene rings is 1.